The summed E-state index contributed by atoms with van der Waals surface area (Å²) in [4.78, 5) is 23.1. The SMILES string of the molecule is Cc1ccc([C@@H](O)CNC(=O)NC(CCC(=O)O)Cc2ccccc2)cc1. The minimum Gasteiger partial charge on any atom is -0.481 e. The van der Waals surface area contributed by atoms with Gasteiger partial charge >= 0.3 is 12.0 Å². The summed E-state index contributed by atoms with van der Waals surface area (Å²) in [6, 6.07) is 16.3. The molecule has 2 aromatic rings. The van der Waals surface area contributed by atoms with Gasteiger partial charge in [-0.15, -0.1) is 0 Å². The molecule has 2 aromatic carbocycles. The molecule has 0 fully saturated rings. The van der Waals surface area contributed by atoms with Crippen molar-refractivity contribution in [3.8, 4) is 0 Å². The van der Waals surface area contributed by atoms with E-state index in [1.165, 1.54) is 0 Å². The Morgan fingerprint density at radius 2 is 1.70 bits per heavy atom. The molecule has 0 saturated carbocycles. The van der Waals surface area contributed by atoms with Crippen LogP contribution in [0.4, 0.5) is 4.79 Å². The number of hydrogen-bond donors (Lipinski definition) is 4. The highest BCUT2D eigenvalue weighted by Gasteiger charge is 2.16. The Kier molecular flexibility index (Phi) is 7.82. The lowest BCUT2D eigenvalue weighted by molar-refractivity contribution is -0.137. The van der Waals surface area contributed by atoms with E-state index in [1.54, 1.807) is 0 Å². The zero-order valence-electron chi connectivity index (χ0n) is 15.4. The number of carbonyl (C=O) groups is 2. The number of carboxylic acid groups (broad SMARTS) is 1. The van der Waals surface area contributed by atoms with Crippen LogP contribution in [0.15, 0.2) is 54.6 Å². The number of hydrogen-bond acceptors (Lipinski definition) is 3. The van der Waals surface area contributed by atoms with Crippen LogP contribution in [0.2, 0.25) is 0 Å². The molecule has 0 radical (unpaired) electrons. The fourth-order valence-corrected chi connectivity index (χ4v) is 2.75. The van der Waals surface area contributed by atoms with E-state index in [2.05, 4.69) is 10.6 Å². The maximum atomic E-state index is 12.2. The molecule has 0 spiro atoms. The van der Waals surface area contributed by atoms with E-state index < -0.39 is 18.1 Å². The molecular formula is C21H26N2O4. The molecule has 0 aliphatic heterocycles. The lowest BCUT2D eigenvalue weighted by Gasteiger charge is -2.20. The number of amides is 2. The molecule has 6 nitrogen and oxygen atoms in total. The first kappa shape index (κ1) is 20.5. The van der Waals surface area contributed by atoms with Crippen LogP contribution < -0.4 is 10.6 Å². The van der Waals surface area contributed by atoms with Crippen molar-refractivity contribution >= 4 is 12.0 Å². The predicted octanol–water partition coefficient (Wildman–Crippen LogP) is 2.80. The van der Waals surface area contributed by atoms with E-state index in [-0.39, 0.29) is 19.0 Å². The van der Waals surface area contributed by atoms with Gasteiger partial charge in [-0.25, -0.2) is 4.79 Å². The number of benzene rings is 2. The van der Waals surface area contributed by atoms with Crippen molar-refractivity contribution in [2.45, 2.75) is 38.3 Å². The number of urea groups is 1. The van der Waals surface area contributed by atoms with E-state index in [0.29, 0.717) is 12.8 Å². The first-order valence-corrected chi connectivity index (χ1v) is 8.98. The second-order valence-electron chi connectivity index (χ2n) is 6.60. The Morgan fingerprint density at radius 1 is 1.04 bits per heavy atom. The first-order chi connectivity index (χ1) is 12.9. The molecule has 0 saturated heterocycles. The molecule has 2 amide bonds. The maximum Gasteiger partial charge on any atom is 0.315 e. The van der Waals surface area contributed by atoms with Crippen LogP contribution in [0.5, 0.6) is 0 Å². The highest BCUT2D eigenvalue weighted by Crippen LogP contribution is 2.13. The van der Waals surface area contributed by atoms with Gasteiger partial charge in [0, 0.05) is 19.0 Å². The van der Waals surface area contributed by atoms with Crippen LogP contribution in [0.25, 0.3) is 0 Å². The largest absolute Gasteiger partial charge is 0.481 e. The van der Waals surface area contributed by atoms with Crippen molar-refractivity contribution in [3.05, 3.63) is 71.3 Å². The Hall–Kier alpha value is -2.86. The number of aliphatic hydroxyl groups is 1. The monoisotopic (exact) mass is 370 g/mol. The van der Waals surface area contributed by atoms with Gasteiger partial charge in [0.1, 0.15) is 0 Å². The topological polar surface area (TPSA) is 98.7 Å². The van der Waals surface area contributed by atoms with Crippen LogP contribution in [0.1, 0.15) is 35.6 Å². The average Bonchev–Trinajstić information content (AvgIpc) is 2.65. The van der Waals surface area contributed by atoms with Gasteiger partial charge in [0.25, 0.3) is 0 Å². The fourth-order valence-electron chi connectivity index (χ4n) is 2.75. The van der Waals surface area contributed by atoms with Gasteiger partial charge in [0.05, 0.1) is 6.10 Å². The summed E-state index contributed by atoms with van der Waals surface area (Å²) in [5, 5.41) is 24.6. The van der Waals surface area contributed by atoms with Crippen LogP contribution >= 0.6 is 0 Å². The van der Waals surface area contributed by atoms with Gasteiger partial charge in [-0.2, -0.15) is 0 Å². The molecule has 27 heavy (non-hydrogen) atoms. The first-order valence-electron chi connectivity index (χ1n) is 8.98. The molecule has 1 unspecified atom stereocenters. The number of rotatable bonds is 9. The van der Waals surface area contributed by atoms with Crippen molar-refractivity contribution in [2.75, 3.05) is 6.54 Å². The van der Waals surface area contributed by atoms with E-state index in [1.807, 2.05) is 61.5 Å². The van der Waals surface area contributed by atoms with Gasteiger partial charge in [-0.05, 0) is 30.9 Å². The summed E-state index contributed by atoms with van der Waals surface area (Å²) < 4.78 is 0. The van der Waals surface area contributed by atoms with Crippen LogP contribution in [-0.2, 0) is 11.2 Å². The van der Waals surface area contributed by atoms with Gasteiger partial charge in [0.2, 0.25) is 0 Å². The third-order valence-corrected chi connectivity index (χ3v) is 4.28. The molecule has 4 N–H and O–H groups in total. The summed E-state index contributed by atoms with van der Waals surface area (Å²) in [5.74, 6) is -0.898. The average molecular weight is 370 g/mol. The third kappa shape index (κ3) is 7.50. The molecule has 6 heteroatoms. The van der Waals surface area contributed by atoms with E-state index in [9.17, 15) is 14.7 Å². The van der Waals surface area contributed by atoms with Crippen molar-refractivity contribution in [1.29, 1.82) is 0 Å². The molecule has 2 rings (SSSR count). The molecule has 2 atom stereocenters. The minimum atomic E-state index is -0.898. The second kappa shape index (κ2) is 10.3. The molecule has 144 valence electrons. The third-order valence-electron chi connectivity index (χ3n) is 4.28. The number of aryl methyl sites for hydroxylation is 1. The summed E-state index contributed by atoms with van der Waals surface area (Å²) >= 11 is 0. The molecule has 0 bridgehead atoms. The second-order valence-corrected chi connectivity index (χ2v) is 6.60. The predicted molar refractivity (Wildman–Crippen MR) is 103 cm³/mol. The lowest BCUT2D eigenvalue weighted by atomic mass is 10.0. The van der Waals surface area contributed by atoms with Gasteiger partial charge in [-0.1, -0.05) is 60.2 Å². The summed E-state index contributed by atoms with van der Waals surface area (Å²) in [6.07, 6.45) is 0.0484. The number of carboxylic acids is 1. The highest BCUT2D eigenvalue weighted by molar-refractivity contribution is 5.74. The number of aliphatic hydroxyl groups excluding tert-OH is 1. The Balaban J connectivity index is 1.87. The quantitative estimate of drug-likeness (QED) is 0.545. The zero-order chi connectivity index (χ0) is 19.6. The minimum absolute atomic E-state index is 0.0240. The van der Waals surface area contributed by atoms with E-state index >= 15 is 0 Å². The van der Waals surface area contributed by atoms with Crippen molar-refractivity contribution < 1.29 is 19.8 Å². The van der Waals surface area contributed by atoms with Crippen LogP contribution in [0.3, 0.4) is 0 Å². The van der Waals surface area contributed by atoms with E-state index in [4.69, 9.17) is 5.11 Å². The van der Waals surface area contributed by atoms with Crippen LogP contribution in [-0.4, -0.2) is 34.8 Å². The molecule has 0 aliphatic rings. The normalized spacial score (nSPS) is 12.8. The Morgan fingerprint density at radius 3 is 2.33 bits per heavy atom. The molecular weight excluding hydrogens is 344 g/mol. The molecule has 0 aliphatic carbocycles. The number of carbonyl (C=O) groups excluding carboxylic acids is 1. The number of aliphatic carboxylic acids is 1. The lowest BCUT2D eigenvalue weighted by Crippen LogP contribution is -2.44. The highest BCUT2D eigenvalue weighted by atomic mass is 16.4. The summed E-state index contributed by atoms with van der Waals surface area (Å²) in [6.45, 7) is 2.04. The van der Waals surface area contributed by atoms with Crippen molar-refractivity contribution in [3.63, 3.8) is 0 Å². The van der Waals surface area contributed by atoms with Crippen LogP contribution in [0, 0.1) is 6.92 Å². The molecule has 0 aromatic heterocycles. The van der Waals surface area contributed by atoms with Crippen molar-refractivity contribution in [1.82, 2.24) is 10.6 Å². The Bertz CT molecular complexity index is 732. The summed E-state index contributed by atoms with van der Waals surface area (Å²) in [5.41, 5.74) is 2.85. The van der Waals surface area contributed by atoms with Gasteiger partial charge in [0.15, 0.2) is 0 Å². The van der Waals surface area contributed by atoms with Crippen molar-refractivity contribution in [2.24, 2.45) is 0 Å². The molecule has 0 heterocycles. The zero-order valence-corrected chi connectivity index (χ0v) is 15.4. The maximum absolute atomic E-state index is 12.2. The Labute approximate surface area is 159 Å². The summed E-state index contributed by atoms with van der Waals surface area (Å²) in [7, 11) is 0. The van der Waals surface area contributed by atoms with E-state index in [0.717, 1.165) is 16.7 Å². The fraction of sp³-hybridized carbons (Fsp3) is 0.333. The van der Waals surface area contributed by atoms with Gasteiger partial charge < -0.3 is 20.8 Å². The smallest absolute Gasteiger partial charge is 0.315 e. The standard InChI is InChI=1S/C21H26N2O4/c1-15-7-9-17(10-8-15)19(24)14-22-21(27)23-18(11-12-20(25)26)13-16-5-3-2-4-6-16/h2-10,18-19,24H,11-14H2,1H3,(H,25,26)(H2,22,23,27)/t18?,19-/m0/s1. The van der Waals surface area contributed by atoms with Gasteiger partial charge in [-0.3, -0.25) is 4.79 Å². The number of nitrogens with one attached hydrogen (secondary N) is 2.